The molecule has 86 valence electrons. The molecule has 0 unspecified atom stereocenters. The van der Waals surface area contributed by atoms with Gasteiger partial charge in [-0.3, -0.25) is 0 Å². The molecule has 0 rings (SSSR count). The fraction of sp³-hybridized carbons (Fsp3) is 0.500. The molecule has 0 spiro atoms. The van der Waals surface area contributed by atoms with Gasteiger partial charge in [0.2, 0.25) is 0 Å². The Morgan fingerprint density at radius 1 is 1.20 bits per heavy atom. The van der Waals surface area contributed by atoms with Crippen molar-refractivity contribution in [3.8, 4) is 0 Å². The van der Waals surface area contributed by atoms with Crippen molar-refractivity contribution in [2.45, 2.75) is 39.8 Å². The van der Waals surface area contributed by atoms with Crippen LogP contribution in [0.5, 0.6) is 0 Å². The summed E-state index contributed by atoms with van der Waals surface area (Å²) in [6.07, 6.45) is 3.26. The molecule has 0 saturated heterocycles. The molecule has 0 aliphatic heterocycles. The molecule has 0 N–H and O–H groups in total. The Labute approximate surface area is 89.2 Å². The van der Waals surface area contributed by atoms with E-state index in [1.165, 1.54) is 13.0 Å². The second kappa shape index (κ2) is 6.49. The highest BCUT2D eigenvalue weighted by Gasteiger charge is 2.30. The van der Waals surface area contributed by atoms with Crippen LogP contribution < -0.4 is 0 Å². The molecule has 0 aromatic heterocycles. The highest BCUT2D eigenvalue weighted by atomic mass is 19.4. The molecule has 0 saturated carbocycles. The third-order valence-corrected chi connectivity index (χ3v) is 1.92. The molecule has 3 heteroatoms. The van der Waals surface area contributed by atoms with Gasteiger partial charge in [-0.1, -0.05) is 43.2 Å². The molecule has 0 nitrogen and oxygen atoms in total. The third kappa shape index (κ3) is 6.15. The first-order chi connectivity index (χ1) is 6.91. The van der Waals surface area contributed by atoms with Crippen LogP contribution in [0.2, 0.25) is 0 Å². The smallest absolute Gasteiger partial charge is 0.166 e. The van der Waals surface area contributed by atoms with Crippen molar-refractivity contribution in [2.75, 3.05) is 0 Å². The molecule has 0 aliphatic carbocycles. The average Bonchev–Trinajstić information content (AvgIpc) is 2.13. The Balaban J connectivity index is 4.51. The first kappa shape index (κ1) is 14.0. The first-order valence-electron chi connectivity index (χ1n) is 5.00. The van der Waals surface area contributed by atoms with Crippen molar-refractivity contribution < 1.29 is 13.2 Å². The minimum Gasteiger partial charge on any atom is -0.166 e. The molecular weight excluding hydrogens is 201 g/mol. The summed E-state index contributed by atoms with van der Waals surface area (Å²) in [6.45, 7) is 5.22. The Morgan fingerprint density at radius 2 is 1.80 bits per heavy atom. The van der Waals surface area contributed by atoms with Gasteiger partial charge in [-0.25, -0.2) is 0 Å². The molecule has 0 aromatic rings. The average molecular weight is 218 g/mol. The molecular formula is C12H17F3. The van der Waals surface area contributed by atoms with Gasteiger partial charge in [-0.15, -0.1) is 0 Å². The molecule has 0 heterocycles. The topological polar surface area (TPSA) is 0 Å². The standard InChI is InChI=1S/C12H17F3/c1-4-6-7-10(3)8-9-11(5-2)12(13,14)15/h5,7-9H,4,6H2,1-3H3. The Kier molecular flexibility index (Phi) is 6.06. The summed E-state index contributed by atoms with van der Waals surface area (Å²) >= 11 is 0. The van der Waals surface area contributed by atoms with Crippen molar-refractivity contribution in [1.29, 1.82) is 0 Å². The zero-order chi connectivity index (χ0) is 11.9. The zero-order valence-corrected chi connectivity index (χ0v) is 9.36. The van der Waals surface area contributed by atoms with E-state index in [2.05, 4.69) is 0 Å². The highest BCUT2D eigenvalue weighted by Crippen LogP contribution is 2.26. The van der Waals surface area contributed by atoms with Gasteiger partial charge >= 0.3 is 6.18 Å². The lowest BCUT2D eigenvalue weighted by molar-refractivity contribution is -0.0883. The van der Waals surface area contributed by atoms with Crippen LogP contribution in [0.3, 0.4) is 0 Å². The second-order valence-electron chi connectivity index (χ2n) is 3.31. The summed E-state index contributed by atoms with van der Waals surface area (Å²) in [6, 6.07) is 0. The monoisotopic (exact) mass is 218 g/mol. The predicted molar refractivity (Wildman–Crippen MR) is 57.6 cm³/mol. The van der Waals surface area contributed by atoms with Crippen LogP contribution in [0.1, 0.15) is 33.6 Å². The van der Waals surface area contributed by atoms with E-state index in [1.807, 2.05) is 13.0 Å². The Morgan fingerprint density at radius 3 is 2.20 bits per heavy atom. The van der Waals surface area contributed by atoms with E-state index in [9.17, 15) is 13.2 Å². The van der Waals surface area contributed by atoms with Crippen LogP contribution in [0.25, 0.3) is 0 Å². The highest BCUT2D eigenvalue weighted by molar-refractivity contribution is 5.29. The fourth-order valence-electron chi connectivity index (χ4n) is 1.02. The summed E-state index contributed by atoms with van der Waals surface area (Å²) in [5.74, 6) is 0. The lowest BCUT2D eigenvalue weighted by Gasteiger charge is -2.06. The van der Waals surface area contributed by atoms with E-state index in [-0.39, 0.29) is 0 Å². The summed E-state index contributed by atoms with van der Waals surface area (Å²) < 4.78 is 36.9. The van der Waals surface area contributed by atoms with Gasteiger partial charge in [0.25, 0.3) is 0 Å². The maximum atomic E-state index is 12.3. The largest absolute Gasteiger partial charge is 0.416 e. The zero-order valence-electron chi connectivity index (χ0n) is 9.36. The van der Waals surface area contributed by atoms with Gasteiger partial charge in [0.15, 0.2) is 0 Å². The quantitative estimate of drug-likeness (QED) is 0.595. The summed E-state index contributed by atoms with van der Waals surface area (Å²) in [7, 11) is 0. The summed E-state index contributed by atoms with van der Waals surface area (Å²) in [5, 5.41) is 0. The van der Waals surface area contributed by atoms with Crippen LogP contribution in [-0.2, 0) is 0 Å². The van der Waals surface area contributed by atoms with Crippen LogP contribution in [0.4, 0.5) is 13.2 Å². The van der Waals surface area contributed by atoms with E-state index in [0.29, 0.717) is 0 Å². The van der Waals surface area contributed by atoms with Crippen LogP contribution in [0.15, 0.2) is 35.5 Å². The van der Waals surface area contributed by atoms with Crippen LogP contribution in [0, 0.1) is 0 Å². The minimum absolute atomic E-state index is 0.605. The Hall–Kier alpha value is -0.990. The fourth-order valence-corrected chi connectivity index (χ4v) is 1.02. The summed E-state index contributed by atoms with van der Waals surface area (Å²) in [4.78, 5) is 0. The maximum absolute atomic E-state index is 12.3. The van der Waals surface area contributed by atoms with Crippen molar-refractivity contribution in [1.82, 2.24) is 0 Å². The van der Waals surface area contributed by atoms with E-state index < -0.39 is 11.7 Å². The molecule has 0 bridgehead atoms. The van der Waals surface area contributed by atoms with E-state index in [1.54, 1.807) is 6.92 Å². The van der Waals surface area contributed by atoms with Gasteiger partial charge in [0.1, 0.15) is 0 Å². The molecule has 0 radical (unpaired) electrons. The molecule has 0 atom stereocenters. The van der Waals surface area contributed by atoms with E-state index >= 15 is 0 Å². The van der Waals surface area contributed by atoms with Gasteiger partial charge in [0.05, 0.1) is 5.57 Å². The molecule has 15 heavy (non-hydrogen) atoms. The number of allylic oxidation sites excluding steroid dienone is 6. The number of hydrogen-bond donors (Lipinski definition) is 0. The van der Waals surface area contributed by atoms with Gasteiger partial charge in [-0.2, -0.15) is 13.2 Å². The van der Waals surface area contributed by atoms with Gasteiger partial charge in [0, 0.05) is 0 Å². The SMILES string of the molecule is CC=C(C=CC(C)=CCCC)C(F)(F)F. The lowest BCUT2D eigenvalue weighted by Crippen LogP contribution is -2.09. The van der Waals surface area contributed by atoms with E-state index in [4.69, 9.17) is 0 Å². The van der Waals surface area contributed by atoms with Crippen molar-refractivity contribution in [3.05, 3.63) is 35.5 Å². The number of rotatable bonds is 4. The third-order valence-electron chi connectivity index (χ3n) is 1.92. The van der Waals surface area contributed by atoms with Crippen molar-refractivity contribution in [2.24, 2.45) is 0 Å². The maximum Gasteiger partial charge on any atom is 0.416 e. The van der Waals surface area contributed by atoms with Crippen molar-refractivity contribution >= 4 is 0 Å². The molecule has 0 fully saturated rings. The van der Waals surface area contributed by atoms with Gasteiger partial charge < -0.3 is 0 Å². The number of halogens is 3. The molecule has 0 aromatic carbocycles. The first-order valence-corrected chi connectivity index (χ1v) is 5.00. The predicted octanol–water partition coefficient (Wildman–Crippen LogP) is 4.80. The lowest BCUT2D eigenvalue weighted by atomic mass is 10.1. The normalized spacial score (nSPS) is 15.1. The number of unbranched alkanes of at least 4 members (excludes halogenated alkanes) is 1. The minimum atomic E-state index is -4.25. The van der Waals surface area contributed by atoms with Crippen LogP contribution >= 0.6 is 0 Å². The Bertz CT molecular complexity index is 267. The number of alkyl halides is 3. The number of hydrogen-bond acceptors (Lipinski definition) is 0. The van der Waals surface area contributed by atoms with Gasteiger partial charge in [-0.05, 0) is 20.3 Å². The van der Waals surface area contributed by atoms with Crippen molar-refractivity contribution in [3.63, 3.8) is 0 Å². The van der Waals surface area contributed by atoms with Crippen LogP contribution in [-0.4, -0.2) is 6.18 Å². The second-order valence-corrected chi connectivity index (χ2v) is 3.31. The summed E-state index contributed by atoms with van der Waals surface area (Å²) in [5.41, 5.74) is 0.257. The molecule has 0 amide bonds. The molecule has 0 aliphatic rings. The van der Waals surface area contributed by atoms with E-state index in [0.717, 1.165) is 30.6 Å².